The van der Waals surface area contributed by atoms with Gasteiger partial charge in [-0.25, -0.2) is 0 Å². The van der Waals surface area contributed by atoms with Crippen LogP contribution in [0.2, 0.25) is 0 Å². The predicted molar refractivity (Wildman–Crippen MR) is 112 cm³/mol. The van der Waals surface area contributed by atoms with Gasteiger partial charge in [-0.05, 0) is 37.3 Å². The first kappa shape index (κ1) is 23.8. The van der Waals surface area contributed by atoms with Crippen LogP contribution in [0.4, 0.5) is 0 Å². The van der Waals surface area contributed by atoms with Gasteiger partial charge in [0.05, 0.1) is 18.1 Å². The molecule has 0 radical (unpaired) electrons. The first-order chi connectivity index (χ1) is 13.3. The zero-order valence-corrected chi connectivity index (χ0v) is 16.8. The normalized spacial score (nSPS) is 14.9. The van der Waals surface area contributed by atoms with Crippen LogP contribution in [0.3, 0.4) is 0 Å². The second-order valence-corrected chi connectivity index (χ2v) is 7.25. The Kier molecular flexibility index (Phi) is 10.5. The molecule has 0 bridgehead atoms. The molecule has 5 heteroatoms. The van der Waals surface area contributed by atoms with Crippen molar-refractivity contribution in [3.05, 3.63) is 71.8 Å². The van der Waals surface area contributed by atoms with E-state index in [4.69, 9.17) is 10.8 Å². The Labute approximate surface area is 167 Å². The average molecular weight is 388 g/mol. The highest BCUT2D eigenvalue weighted by Crippen LogP contribution is 2.24. The second kappa shape index (κ2) is 12.3. The van der Waals surface area contributed by atoms with E-state index in [2.05, 4.69) is 0 Å². The summed E-state index contributed by atoms with van der Waals surface area (Å²) in [5.74, 6) is -0.936. The van der Waals surface area contributed by atoms with E-state index >= 15 is 0 Å². The van der Waals surface area contributed by atoms with Gasteiger partial charge in [0, 0.05) is 6.04 Å². The highest BCUT2D eigenvalue weighted by Gasteiger charge is 2.28. The van der Waals surface area contributed by atoms with Gasteiger partial charge in [0.1, 0.15) is 0 Å². The molecule has 2 aromatic carbocycles. The van der Waals surface area contributed by atoms with Crippen LogP contribution in [-0.4, -0.2) is 32.9 Å². The van der Waals surface area contributed by atoms with Gasteiger partial charge in [0.2, 0.25) is 0 Å². The van der Waals surface area contributed by atoms with Gasteiger partial charge in [0.15, 0.2) is 0 Å². The lowest BCUT2D eigenvalue weighted by molar-refractivity contribution is -0.143. The molecule has 0 fully saturated rings. The molecule has 0 amide bonds. The van der Waals surface area contributed by atoms with E-state index in [0.29, 0.717) is 19.3 Å². The Balaban J connectivity index is 0.000000307. The summed E-state index contributed by atoms with van der Waals surface area (Å²) in [6.45, 7) is 3.74. The van der Waals surface area contributed by atoms with E-state index in [-0.39, 0.29) is 12.5 Å². The number of aryl methyl sites for hydroxylation is 1. The van der Waals surface area contributed by atoms with Gasteiger partial charge in [0.25, 0.3) is 0 Å². The molecule has 5 nitrogen and oxygen atoms in total. The van der Waals surface area contributed by atoms with Gasteiger partial charge in [-0.15, -0.1) is 0 Å². The fraction of sp³-hybridized carbons (Fsp3) is 0.435. The van der Waals surface area contributed by atoms with Crippen molar-refractivity contribution in [1.82, 2.24) is 0 Å². The molecule has 0 aromatic heterocycles. The van der Waals surface area contributed by atoms with Gasteiger partial charge in [-0.3, -0.25) is 4.79 Å². The smallest absolute Gasteiger partial charge is 0.306 e. The SMILES string of the molecule is CC(N)C(O)c1ccccc1.CCC[C@@](O)(CCc1ccccc1)CC(=O)O. The van der Waals surface area contributed by atoms with Crippen molar-refractivity contribution >= 4 is 5.97 Å². The molecule has 28 heavy (non-hydrogen) atoms. The Morgan fingerprint density at radius 1 is 1.04 bits per heavy atom. The van der Waals surface area contributed by atoms with Gasteiger partial charge in [-0.1, -0.05) is 74.0 Å². The molecule has 0 spiro atoms. The number of carboxylic acid groups (broad SMARTS) is 1. The first-order valence-corrected chi connectivity index (χ1v) is 9.74. The number of aliphatic hydroxyl groups excluding tert-OH is 1. The maximum atomic E-state index is 10.7. The summed E-state index contributed by atoms with van der Waals surface area (Å²) < 4.78 is 0. The number of carboxylic acids is 1. The molecule has 0 saturated carbocycles. The zero-order valence-electron chi connectivity index (χ0n) is 16.8. The highest BCUT2D eigenvalue weighted by molar-refractivity contribution is 5.68. The summed E-state index contributed by atoms with van der Waals surface area (Å²) in [6.07, 6.45) is 1.82. The minimum Gasteiger partial charge on any atom is -0.481 e. The van der Waals surface area contributed by atoms with E-state index in [9.17, 15) is 15.0 Å². The van der Waals surface area contributed by atoms with Gasteiger partial charge >= 0.3 is 5.97 Å². The van der Waals surface area contributed by atoms with Crippen molar-refractivity contribution in [2.24, 2.45) is 5.73 Å². The fourth-order valence-electron chi connectivity index (χ4n) is 3.02. The van der Waals surface area contributed by atoms with Crippen LogP contribution in [0, 0.1) is 0 Å². The van der Waals surface area contributed by atoms with Crippen LogP contribution in [0.1, 0.15) is 56.8 Å². The molecule has 0 aliphatic heterocycles. The Hall–Kier alpha value is -2.21. The summed E-state index contributed by atoms with van der Waals surface area (Å²) >= 11 is 0. The number of rotatable bonds is 9. The molecule has 5 N–H and O–H groups in total. The predicted octanol–water partition coefficient (Wildman–Crippen LogP) is 3.69. The zero-order chi connectivity index (χ0) is 21.0. The quantitative estimate of drug-likeness (QED) is 0.525. The molecule has 2 rings (SSSR count). The number of nitrogens with two attached hydrogens (primary N) is 1. The van der Waals surface area contributed by atoms with Crippen molar-refractivity contribution in [2.75, 3.05) is 0 Å². The number of carbonyl (C=O) groups is 1. The lowest BCUT2D eigenvalue weighted by Crippen LogP contribution is -2.32. The maximum Gasteiger partial charge on any atom is 0.306 e. The number of hydrogen-bond donors (Lipinski definition) is 4. The van der Waals surface area contributed by atoms with Crippen molar-refractivity contribution in [3.63, 3.8) is 0 Å². The van der Waals surface area contributed by atoms with E-state index in [1.54, 1.807) is 6.92 Å². The van der Waals surface area contributed by atoms with Crippen LogP contribution in [0.5, 0.6) is 0 Å². The summed E-state index contributed by atoms with van der Waals surface area (Å²) in [7, 11) is 0. The lowest BCUT2D eigenvalue weighted by atomic mass is 9.87. The molecule has 0 aliphatic rings. The minimum atomic E-state index is -1.07. The van der Waals surface area contributed by atoms with E-state index in [1.165, 1.54) is 0 Å². The summed E-state index contributed by atoms with van der Waals surface area (Å²) in [4.78, 5) is 10.7. The van der Waals surface area contributed by atoms with Crippen molar-refractivity contribution in [2.45, 2.75) is 63.7 Å². The topological polar surface area (TPSA) is 104 Å². The highest BCUT2D eigenvalue weighted by atomic mass is 16.4. The van der Waals surface area contributed by atoms with Crippen molar-refractivity contribution in [3.8, 4) is 0 Å². The Morgan fingerprint density at radius 2 is 1.57 bits per heavy atom. The lowest BCUT2D eigenvalue weighted by Gasteiger charge is -2.26. The van der Waals surface area contributed by atoms with Crippen LogP contribution in [0.25, 0.3) is 0 Å². The van der Waals surface area contributed by atoms with Crippen LogP contribution in [-0.2, 0) is 11.2 Å². The summed E-state index contributed by atoms with van der Waals surface area (Å²) in [5.41, 5.74) is 6.45. The molecule has 2 unspecified atom stereocenters. The Morgan fingerprint density at radius 3 is 2.04 bits per heavy atom. The van der Waals surface area contributed by atoms with Crippen LogP contribution >= 0.6 is 0 Å². The van der Waals surface area contributed by atoms with E-state index < -0.39 is 17.7 Å². The Bertz CT molecular complexity index is 676. The summed E-state index contributed by atoms with van der Waals surface area (Å²) in [6, 6.07) is 19.1. The van der Waals surface area contributed by atoms with E-state index in [0.717, 1.165) is 17.5 Å². The molecular formula is C23H33NO4. The molecule has 0 heterocycles. The van der Waals surface area contributed by atoms with Gasteiger partial charge in [-0.2, -0.15) is 0 Å². The number of hydrogen-bond acceptors (Lipinski definition) is 4. The number of benzene rings is 2. The maximum absolute atomic E-state index is 10.7. The molecule has 0 aliphatic carbocycles. The number of aliphatic carboxylic acids is 1. The van der Waals surface area contributed by atoms with Gasteiger partial charge < -0.3 is 21.1 Å². The van der Waals surface area contributed by atoms with E-state index in [1.807, 2.05) is 67.6 Å². The third-order valence-electron chi connectivity index (χ3n) is 4.56. The molecular weight excluding hydrogens is 354 g/mol. The summed E-state index contributed by atoms with van der Waals surface area (Å²) in [5, 5.41) is 28.5. The van der Waals surface area contributed by atoms with Crippen LogP contribution in [0.15, 0.2) is 60.7 Å². The molecule has 154 valence electrons. The molecule has 0 saturated heterocycles. The average Bonchev–Trinajstić information content (AvgIpc) is 2.67. The van der Waals surface area contributed by atoms with Crippen molar-refractivity contribution < 1.29 is 20.1 Å². The first-order valence-electron chi connectivity index (χ1n) is 9.74. The second-order valence-electron chi connectivity index (χ2n) is 7.25. The van der Waals surface area contributed by atoms with Crippen molar-refractivity contribution in [1.29, 1.82) is 0 Å². The monoisotopic (exact) mass is 387 g/mol. The largest absolute Gasteiger partial charge is 0.481 e. The standard InChI is InChI=1S/C14H20O3.C9H13NO/c1-2-9-14(17,11-13(15)16)10-8-12-6-4-3-5-7-12;1-7(10)9(11)8-5-3-2-4-6-8/h3-7,17H,2,8-11H2,1H3,(H,15,16);2-7,9,11H,10H2,1H3/t14-;/m1./s1. The third-order valence-corrected chi connectivity index (χ3v) is 4.56. The molecule has 3 atom stereocenters. The molecule has 2 aromatic rings. The van der Waals surface area contributed by atoms with Crippen LogP contribution < -0.4 is 5.73 Å². The fourth-order valence-corrected chi connectivity index (χ4v) is 3.02. The third kappa shape index (κ3) is 9.13. The number of aliphatic hydroxyl groups is 2. The minimum absolute atomic E-state index is 0.173.